The predicted molar refractivity (Wildman–Crippen MR) is 295 cm³/mol. The van der Waals surface area contributed by atoms with Gasteiger partial charge in [0.25, 0.3) is 5.79 Å². The minimum absolute atomic E-state index is 0.155. The number of aliphatic hydroxyl groups excluding tert-OH is 12. The summed E-state index contributed by atoms with van der Waals surface area (Å²) in [6, 6.07) is -1.20. The topological polar surface area (TPSA) is 365 Å². The molecule has 3 rings (SSSR count). The van der Waals surface area contributed by atoms with Gasteiger partial charge in [-0.25, -0.2) is 4.79 Å². The van der Waals surface area contributed by atoms with Gasteiger partial charge in [-0.3, -0.25) is 4.79 Å². The molecule has 0 bridgehead atoms. The summed E-state index contributed by atoms with van der Waals surface area (Å²) in [6.45, 7) is 2.47. The first-order chi connectivity index (χ1) is 38.4. The Morgan fingerprint density at radius 2 is 1.06 bits per heavy atom. The molecular weight excluding hydrogens is 1050 g/mol. The van der Waals surface area contributed by atoms with Crippen LogP contribution in [0, 0.1) is 5.92 Å². The monoisotopic (exact) mass is 1160 g/mol. The van der Waals surface area contributed by atoms with Crippen LogP contribution >= 0.6 is 0 Å². The van der Waals surface area contributed by atoms with Crippen LogP contribution in [0.25, 0.3) is 0 Å². The average molecular weight is 1160 g/mol. The van der Waals surface area contributed by atoms with Gasteiger partial charge in [0.15, 0.2) is 12.6 Å². The molecule has 80 heavy (non-hydrogen) atoms. The zero-order chi connectivity index (χ0) is 59.0. The molecular formula is C58H109NO21. The molecule has 22 nitrogen and oxygen atoms in total. The number of rotatable bonds is 45. The van der Waals surface area contributed by atoms with Gasteiger partial charge in [-0.05, 0) is 12.8 Å². The van der Waals surface area contributed by atoms with Crippen LogP contribution in [0.4, 0.5) is 0 Å². The molecule has 472 valence electrons. The number of carboxylic acid groups (broad SMARTS) is 1. The summed E-state index contributed by atoms with van der Waals surface area (Å²) in [7, 11) is 0. The number of nitrogens with one attached hydrogen (secondary N) is 1. The lowest BCUT2D eigenvalue weighted by Crippen LogP contribution is -2.68. The molecule has 14 N–H and O–H groups in total. The molecule has 0 saturated carbocycles. The summed E-state index contributed by atoms with van der Waals surface area (Å²) in [5.41, 5.74) is 0. The third-order valence-corrected chi connectivity index (χ3v) is 16.4. The molecule has 3 heterocycles. The van der Waals surface area contributed by atoms with E-state index in [2.05, 4.69) is 19.2 Å². The Morgan fingerprint density at radius 1 is 0.588 bits per heavy atom. The molecule has 1 amide bonds. The largest absolute Gasteiger partial charge is 0.477 e. The number of carboxylic acids is 1. The Labute approximate surface area is 475 Å². The van der Waals surface area contributed by atoms with Gasteiger partial charge in [-0.1, -0.05) is 188 Å². The summed E-state index contributed by atoms with van der Waals surface area (Å²) in [4.78, 5) is 26.2. The summed E-state index contributed by atoms with van der Waals surface area (Å²) in [5, 5.41) is 143. The van der Waals surface area contributed by atoms with Gasteiger partial charge in [0, 0.05) is 18.8 Å². The van der Waals surface area contributed by atoms with E-state index >= 15 is 0 Å². The van der Waals surface area contributed by atoms with Crippen molar-refractivity contribution in [1.82, 2.24) is 5.32 Å². The van der Waals surface area contributed by atoms with Gasteiger partial charge in [-0.2, -0.15) is 0 Å². The molecule has 0 aromatic rings. The summed E-state index contributed by atoms with van der Waals surface area (Å²) in [5.74, 6) is -6.23. The lowest BCUT2D eigenvalue weighted by atomic mass is 9.84. The Kier molecular flexibility index (Phi) is 36.7. The SMILES string of the molecule is CCCCCCCCCCCCCCCCCC(=O)N[C@@H](CO[C@H]1O[C@H](CO)[C@@H](O[C@@H]2OC(CO)C(O)C(OC3(C(=O)O)CC(O)C(C)C([C@H](O)[C@H](O)CO)O3)C2O)C(O)C1O)[C@H](O)[C@H](O)CCCCCCCCCCCCCC. The molecule has 0 radical (unpaired) electrons. The van der Waals surface area contributed by atoms with Crippen molar-refractivity contribution in [2.45, 2.75) is 323 Å². The molecule has 0 spiro atoms. The third-order valence-electron chi connectivity index (χ3n) is 16.4. The molecule has 22 heteroatoms. The molecule has 0 aromatic carbocycles. The van der Waals surface area contributed by atoms with Crippen LogP contribution in [0.2, 0.25) is 0 Å². The van der Waals surface area contributed by atoms with Gasteiger partial charge in [0.05, 0.1) is 50.8 Å². The predicted octanol–water partition coefficient (Wildman–Crippen LogP) is 3.49. The minimum atomic E-state index is -2.93. The van der Waals surface area contributed by atoms with Crippen molar-refractivity contribution in [3.05, 3.63) is 0 Å². The van der Waals surface area contributed by atoms with Crippen molar-refractivity contribution in [2.75, 3.05) is 26.4 Å². The van der Waals surface area contributed by atoms with Gasteiger partial charge in [-0.15, -0.1) is 0 Å². The number of unbranched alkanes of at least 4 members (excludes halogenated alkanes) is 25. The number of hydrogen-bond donors (Lipinski definition) is 14. The molecule has 3 saturated heterocycles. The molecule has 0 aromatic heterocycles. The van der Waals surface area contributed by atoms with Crippen LogP contribution in [0.5, 0.6) is 0 Å². The van der Waals surface area contributed by atoms with Crippen LogP contribution in [0.3, 0.4) is 0 Å². The first-order valence-electron chi connectivity index (χ1n) is 30.8. The van der Waals surface area contributed by atoms with Crippen molar-refractivity contribution >= 4 is 11.9 Å². The van der Waals surface area contributed by atoms with E-state index in [0.717, 1.165) is 51.4 Å². The number of carbonyl (C=O) groups excluding carboxylic acids is 1. The third kappa shape index (κ3) is 24.3. The number of ether oxygens (including phenoxy) is 6. The molecule has 10 unspecified atom stereocenters. The smallest absolute Gasteiger partial charge is 0.364 e. The highest BCUT2D eigenvalue weighted by molar-refractivity contribution is 5.76. The average Bonchev–Trinajstić information content (AvgIpc) is 3.54. The van der Waals surface area contributed by atoms with E-state index in [1.165, 1.54) is 116 Å². The van der Waals surface area contributed by atoms with E-state index in [9.17, 15) is 76.0 Å². The van der Waals surface area contributed by atoms with Crippen LogP contribution in [-0.2, 0) is 38.0 Å². The van der Waals surface area contributed by atoms with Crippen LogP contribution in [-0.4, -0.2) is 215 Å². The second-order valence-electron chi connectivity index (χ2n) is 23.1. The van der Waals surface area contributed by atoms with Crippen molar-refractivity contribution in [3.63, 3.8) is 0 Å². The van der Waals surface area contributed by atoms with Crippen LogP contribution in [0.1, 0.15) is 213 Å². The van der Waals surface area contributed by atoms with Gasteiger partial charge < -0.3 is 100 Å². The van der Waals surface area contributed by atoms with Crippen molar-refractivity contribution in [1.29, 1.82) is 0 Å². The fourth-order valence-corrected chi connectivity index (χ4v) is 11.1. The second-order valence-corrected chi connectivity index (χ2v) is 23.1. The first-order valence-corrected chi connectivity index (χ1v) is 30.8. The summed E-state index contributed by atoms with van der Waals surface area (Å²) < 4.78 is 34.6. The Hall–Kier alpha value is -1.78. The zero-order valence-corrected chi connectivity index (χ0v) is 48.5. The van der Waals surface area contributed by atoms with Crippen LogP contribution in [0.15, 0.2) is 0 Å². The van der Waals surface area contributed by atoms with E-state index in [1.807, 2.05) is 0 Å². The Balaban J connectivity index is 1.64. The van der Waals surface area contributed by atoms with Gasteiger partial charge in [0.1, 0.15) is 67.1 Å². The van der Waals surface area contributed by atoms with Crippen molar-refractivity contribution < 1.29 is 104 Å². The fourth-order valence-electron chi connectivity index (χ4n) is 11.1. The normalized spacial score (nSPS) is 31.1. The maximum atomic E-state index is 13.4. The summed E-state index contributed by atoms with van der Waals surface area (Å²) >= 11 is 0. The van der Waals surface area contributed by atoms with E-state index in [0.29, 0.717) is 12.8 Å². The molecule has 3 aliphatic rings. The minimum Gasteiger partial charge on any atom is -0.477 e. The number of aliphatic hydroxyl groups is 12. The van der Waals surface area contributed by atoms with E-state index in [-0.39, 0.29) is 18.7 Å². The molecule has 3 aliphatic heterocycles. The quantitative estimate of drug-likeness (QED) is 0.0388. The Bertz CT molecular complexity index is 1610. The second kappa shape index (κ2) is 40.5. The highest BCUT2D eigenvalue weighted by Gasteiger charge is 2.59. The van der Waals surface area contributed by atoms with Crippen LogP contribution < -0.4 is 5.32 Å². The highest BCUT2D eigenvalue weighted by Crippen LogP contribution is 2.40. The van der Waals surface area contributed by atoms with Gasteiger partial charge in [0.2, 0.25) is 5.91 Å². The fraction of sp³-hybridized carbons (Fsp3) is 0.966. The lowest BCUT2D eigenvalue weighted by molar-refractivity contribution is -0.388. The maximum absolute atomic E-state index is 13.4. The molecule has 0 aliphatic carbocycles. The number of aliphatic carboxylic acids is 1. The number of carbonyl (C=O) groups is 2. The molecule has 19 atom stereocenters. The maximum Gasteiger partial charge on any atom is 0.364 e. The Morgan fingerprint density at radius 3 is 1.54 bits per heavy atom. The standard InChI is InChI=1S/C58H109NO21/c1-4-6-8-10-12-14-16-18-19-20-22-24-26-28-30-32-45(66)59-39(46(67)40(63)31-29-27-25-23-21-17-15-13-11-9-7-5-2)37-75-55-50(71)49(70)53(44(36-62)77-55)78-56-51(72)54(48(69)43(35-61)76-56)80-58(57(73)74)33-41(64)38(3)52(79-58)47(68)42(65)34-60/h38-44,46-56,60-65,67-72H,4-37H2,1-3H3,(H,59,66)(H,73,74)/t38?,39-,40+,41?,42+,43?,44+,46-,47+,48?,49?,50?,51?,52?,53+,54?,55-,56-,58?/m0/s1. The van der Waals surface area contributed by atoms with E-state index in [4.69, 9.17) is 28.4 Å². The van der Waals surface area contributed by atoms with Gasteiger partial charge >= 0.3 is 5.97 Å². The summed E-state index contributed by atoms with van der Waals surface area (Å²) in [6.07, 6.45) is 1.71. The van der Waals surface area contributed by atoms with E-state index in [1.54, 1.807) is 0 Å². The number of amides is 1. The van der Waals surface area contributed by atoms with E-state index < -0.39 is 155 Å². The molecule has 3 fully saturated rings. The van der Waals surface area contributed by atoms with Crippen molar-refractivity contribution in [2.24, 2.45) is 5.92 Å². The first kappa shape index (κ1) is 72.5. The zero-order valence-electron chi connectivity index (χ0n) is 48.5. The van der Waals surface area contributed by atoms with Crippen molar-refractivity contribution in [3.8, 4) is 0 Å². The number of hydrogen-bond acceptors (Lipinski definition) is 20. The lowest BCUT2D eigenvalue weighted by Gasteiger charge is -2.50. The highest BCUT2D eigenvalue weighted by atomic mass is 16.8.